The number of ether oxygens (including phenoxy) is 2. The van der Waals surface area contributed by atoms with Gasteiger partial charge in [-0.3, -0.25) is 9.32 Å². The summed E-state index contributed by atoms with van der Waals surface area (Å²) in [4.78, 5) is 21.1. The Morgan fingerprint density at radius 3 is 2.57 bits per heavy atom. The number of para-hydroxylation sites is 1. The van der Waals surface area contributed by atoms with E-state index in [0.717, 1.165) is 5.56 Å². The normalized spacial score (nSPS) is 22.5. The van der Waals surface area contributed by atoms with Gasteiger partial charge in [-0.1, -0.05) is 48.5 Å². The number of rotatable bonds is 11. The number of nitrogen functional groups attached to an aromatic ring is 1. The average molecular weight is 600 g/mol. The molecule has 1 fully saturated rings. The minimum atomic E-state index is -4.29. The fraction of sp³-hybridized carbons (Fsp3) is 0.321. The molecule has 1 aliphatic rings. The molecular weight excluding hydrogens is 568 g/mol. The summed E-state index contributed by atoms with van der Waals surface area (Å²) >= 11 is 0. The van der Waals surface area contributed by atoms with Crippen LogP contribution in [-0.4, -0.2) is 56.6 Å². The highest BCUT2D eigenvalue weighted by atomic mass is 31.2. The Kier molecular flexibility index (Phi) is 8.85. The van der Waals surface area contributed by atoms with E-state index in [1.54, 1.807) is 55.5 Å². The van der Waals surface area contributed by atoms with E-state index in [1.165, 1.54) is 17.7 Å². The Bertz CT molecular complexity index is 1580. The van der Waals surface area contributed by atoms with Crippen LogP contribution in [0.25, 0.3) is 11.0 Å². The number of alkyl halides is 1. The van der Waals surface area contributed by atoms with Crippen molar-refractivity contribution in [2.45, 2.75) is 51.1 Å². The predicted molar refractivity (Wildman–Crippen MR) is 151 cm³/mol. The molecule has 5 rings (SSSR count). The standard InChI is InChI=1S/C28H31FN5O7P/c1-17(28(36)38-15-19-9-5-3-6-10-19)33-42(37,41-20-11-7-4-8-12-20)39-16-22-24(35)23(29)27(40-22)34-14-13-21-25(30)31-18(2)32-26(21)34/h3-14,17,22-24,27,35H,15-16H2,1-2H3,(H,33,37)(H2,30,31,32)/t17-,22+,23+,24?,27+,42?/m0/s1. The molecule has 3 heterocycles. The number of carbonyl (C=O) groups is 1. The first-order chi connectivity index (χ1) is 20.1. The fourth-order valence-corrected chi connectivity index (χ4v) is 5.97. The topological polar surface area (TPSA) is 160 Å². The summed E-state index contributed by atoms with van der Waals surface area (Å²) in [6, 6.07) is 17.8. The number of aromatic nitrogens is 3. The van der Waals surface area contributed by atoms with Gasteiger partial charge in [0.25, 0.3) is 0 Å². The van der Waals surface area contributed by atoms with E-state index >= 15 is 4.39 Å². The summed E-state index contributed by atoms with van der Waals surface area (Å²) in [5, 5.41) is 13.7. The zero-order valence-electron chi connectivity index (χ0n) is 22.9. The Morgan fingerprint density at radius 1 is 1.17 bits per heavy atom. The fourth-order valence-electron chi connectivity index (χ4n) is 4.47. The molecule has 2 aromatic carbocycles. The molecule has 0 amide bonds. The van der Waals surface area contributed by atoms with E-state index in [9.17, 15) is 14.5 Å². The number of hydrogen-bond donors (Lipinski definition) is 3. The van der Waals surface area contributed by atoms with Gasteiger partial charge in [0, 0.05) is 6.20 Å². The lowest BCUT2D eigenvalue weighted by atomic mass is 10.1. The van der Waals surface area contributed by atoms with Crippen molar-refractivity contribution in [2.75, 3.05) is 12.3 Å². The maximum atomic E-state index is 15.3. The zero-order chi connectivity index (χ0) is 29.9. The van der Waals surface area contributed by atoms with Gasteiger partial charge >= 0.3 is 13.7 Å². The first kappa shape index (κ1) is 29.6. The second-order valence-corrected chi connectivity index (χ2v) is 11.5. The van der Waals surface area contributed by atoms with Crippen molar-refractivity contribution in [3.8, 4) is 5.75 Å². The third kappa shape index (κ3) is 6.61. The largest absolute Gasteiger partial charge is 0.460 e. The number of aliphatic hydroxyl groups excluding tert-OH is 1. The molecular formula is C28H31FN5O7P. The van der Waals surface area contributed by atoms with Crippen LogP contribution in [-0.2, 0) is 30.0 Å². The van der Waals surface area contributed by atoms with Crippen molar-refractivity contribution < 1.29 is 37.4 Å². The second kappa shape index (κ2) is 12.6. The van der Waals surface area contributed by atoms with Crippen molar-refractivity contribution in [2.24, 2.45) is 0 Å². The van der Waals surface area contributed by atoms with Crippen LogP contribution in [0, 0.1) is 6.92 Å². The van der Waals surface area contributed by atoms with Crippen molar-refractivity contribution in [1.82, 2.24) is 19.6 Å². The van der Waals surface area contributed by atoms with Crippen LogP contribution in [0.2, 0.25) is 0 Å². The van der Waals surface area contributed by atoms with E-state index in [2.05, 4.69) is 15.1 Å². The summed E-state index contributed by atoms with van der Waals surface area (Å²) in [6.07, 6.45) is -4.48. The third-order valence-corrected chi connectivity index (χ3v) is 8.23. The highest BCUT2D eigenvalue weighted by molar-refractivity contribution is 7.52. The van der Waals surface area contributed by atoms with Crippen molar-refractivity contribution in [3.05, 3.63) is 84.3 Å². The number of fused-ring (bicyclic) bond motifs is 1. The molecule has 0 aliphatic carbocycles. The van der Waals surface area contributed by atoms with Crippen LogP contribution >= 0.6 is 7.75 Å². The van der Waals surface area contributed by atoms with Crippen LogP contribution in [0.15, 0.2) is 72.9 Å². The molecule has 0 saturated carbocycles. The van der Waals surface area contributed by atoms with Crippen LogP contribution in [0.3, 0.4) is 0 Å². The number of nitrogens with one attached hydrogen (secondary N) is 1. The first-order valence-corrected chi connectivity index (χ1v) is 14.7. The minimum absolute atomic E-state index is 0.0158. The molecule has 14 heteroatoms. The number of anilines is 1. The highest BCUT2D eigenvalue weighted by Crippen LogP contribution is 2.46. The molecule has 0 radical (unpaired) electrons. The SMILES string of the molecule is Cc1nc(N)c2ccn([C@@H]3O[C@H](COP(=O)(N[C@@H](C)C(=O)OCc4ccccc4)Oc4ccccc4)C(O)[C@H]3F)c2n1. The lowest BCUT2D eigenvalue weighted by Crippen LogP contribution is -2.37. The van der Waals surface area contributed by atoms with Gasteiger partial charge in [0.1, 0.15) is 47.9 Å². The maximum absolute atomic E-state index is 15.3. The van der Waals surface area contributed by atoms with Gasteiger partial charge in [0.2, 0.25) is 0 Å². The molecule has 42 heavy (non-hydrogen) atoms. The Hall–Kier alpha value is -3.87. The first-order valence-electron chi connectivity index (χ1n) is 13.2. The Morgan fingerprint density at radius 2 is 1.86 bits per heavy atom. The van der Waals surface area contributed by atoms with Gasteiger partial charge in [-0.25, -0.2) is 18.9 Å². The minimum Gasteiger partial charge on any atom is -0.460 e. The number of nitrogens with two attached hydrogens (primary N) is 1. The third-order valence-electron chi connectivity index (χ3n) is 6.59. The van der Waals surface area contributed by atoms with Gasteiger partial charge in [0.15, 0.2) is 12.4 Å². The number of aliphatic hydroxyl groups is 1. The number of nitrogens with zero attached hydrogens (tertiary/aromatic N) is 3. The van der Waals surface area contributed by atoms with Crippen molar-refractivity contribution in [3.63, 3.8) is 0 Å². The zero-order valence-corrected chi connectivity index (χ0v) is 23.8. The summed E-state index contributed by atoms with van der Waals surface area (Å²) in [5.74, 6) is 0.108. The van der Waals surface area contributed by atoms with Crippen LogP contribution in [0.1, 0.15) is 24.5 Å². The molecule has 6 atom stereocenters. The molecule has 2 aromatic heterocycles. The monoisotopic (exact) mass is 599 g/mol. The smallest absolute Gasteiger partial charge is 0.459 e. The van der Waals surface area contributed by atoms with Crippen LogP contribution in [0.5, 0.6) is 5.75 Å². The summed E-state index contributed by atoms with van der Waals surface area (Å²) in [5.41, 5.74) is 7.09. The maximum Gasteiger partial charge on any atom is 0.459 e. The lowest BCUT2D eigenvalue weighted by molar-refractivity contribution is -0.146. The number of benzene rings is 2. The Balaban J connectivity index is 1.29. The number of hydrogen-bond acceptors (Lipinski definition) is 10. The van der Waals surface area contributed by atoms with Gasteiger partial charge in [0.05, 0.1) is 12.0 Å². The molecule has 12 nitrogen and oxygen atoms in total. The molecule has 1 saturated heterocycles. The van der Waals surface area contributed by atoms with Crippen molar-refractivity contribution in [1.29, 1.82) is 0 Å². The molecule has 222 valence electrons. The van der Waals surface area contributed by atoms with Gasteiger partial charge in [-0.2, -0.15) is 5.09 Å². The summed E-state index contributed by atoms with van der Waals surface area (Å²) < 4.78 is 53.0. The molecule has 2 unspecified atom stereocenters. The molecule has 0 bridgehead atoms. The highest BCUT2D eigenvalue weighted by Gasteiger charge is 2.47. The second-order valence-electron chi connectivity index (χ2n) is 9.76. The van der Waals surface area contributed by atoms with Crippen LogP contribution < -0.4 is 15.3 Å². The number of esters is 1. The van der Waals surface area contributed by atoms with Gasteiger partial charge in [-0.05, 0) is 37.6 Å². The number of carbonyl (C=O) groups excluding carboxylic acids is 1. The van der Waals surface area contributed by atoms with Gasteiger partial charge in [-0.15, -0.1) is 0 Å². The van der Waals surface area contributed by atoms with E-state index < -0.39 is 51.0 Å². The molecule has 1 aliphatic heterocycles. The molecule has 4 aromatic rings. The van der Waals surface area contributed by atoms with Gasteiger partial charge < -0.3 is 29.4 Å². The average Bonchev–Trinajstić information content (AvgIpc) is 3.52. The number of aryl methyl sites for hydroxylation is 1. The van der Waals surface area contributed by atoms with E-state index in [1.807, 2.05) is 18.2 Å². The quantitative estimate of drug-likeness (QED) is 0.170. The van der Waals surface area contributed by atoms with Crippen LogP contribution in [0.4, 0.5) is 10.2 Å². The number of halogens is 1. The van der Waals surface area contributed by atoms with E-state index in [-0.39, 0.29) is 18.2 Å². The molecule has 4 N–H and O–H groups in total. The predicted octanol–water partition coefficient (Wildman–Crippen LogP) is 3.84. The Labute approximate surface area is 241 Å². The summed E-state index contributed by atoms with van der Waals surface area (Å²) in [6.45, 7) is 2.58. The van der Waals surface area contributed by atoms with E-state index in [4.69, 9.17) is 24.3 Å². The van der Waals surface area contributed by atoms with E-state index in [0.29, 0.717) is 16.9 Å². The summed E-state index contributed by atoms with van der Waals surface area (Å²) in [7, 11) is -4.29. The lowest BCUT2D eigenvalue weighted by Gasteiger charge is -2.24. The van der Waals surface area contributed by atoms with Crippen molar-refractivity contribution >= 4 is 30.6 Å². The molecule has 0 spiro atoms.